The van der Waals surface area contributed by atoms with Crippen LogP contribution in [0.5, 0.6) is 0 Å². The zero-order valence-electron chi connectivity index (χ0n) is 9.20. The molecule has 2 unspecified atom stereocenters. The highest BCUT2D eigenvalue weighted by Gasteiger charge is 2.40. The van der Waals surface area contributed by atoms with Crippen molar-refractivity contribution in [1.29, 1.82) is 0 Å². The minimum atomic E-state index is -5.42. The second kappa shape index (κ2) is 6.54. The predicted octanol–water partition coefficient (Wildman–Crippen LogP) is 1.30. The molecule has 0 fully saturated rings. The summed E-state index contributed by atoms with van der Waals surface area (Å²) in [5, 5.41) is 0. The Bertz CT molecular complexity index is 437. The molecule has 0 aromatic rings. The molecular formula is C5H13O10P3. The Morgan fingerprint density at radius 2 is 1.56 bits per heavy atom. The van der Waals surface area contributed by atoms with Gasteiger partial charge in [0.1, 0.15) is 0 Å². The molecule has 0 aliphatic carbocycles. The molecule has 0 saturated carbocycles. The summed E-state index contributed by atoms with van der Waals surface area (Å²) in [5.74, 6) is 0. The highest BCUT2D eigenvalue weighted by atomic mass is 31.3. The first kappa shape index (κ1) is 18.1. The standard InChI is InChI=1S/C5H13O10P3/c1-5(2)3-4-13-17(9,10)15-18(11,12)14-16(6,7)8/h1,3-4H2,2H3,(H,9,10)(H,11,12)(H2,6,7,8). The fraction of sp³-hybridized carbons (Fsp3) is 0.600. The van der Waals surface area contributed by atoms with E-state index in [1.807, 2.05) is 0 Å². The molecule has 0 spiro atoms. The maximum Gasteiger partial charge on any atom is 0.490 e. The van der Waals surface area contributed by atoms with Gasteiger partial charge in [-0.1, -0.05) is 5.57 Å². The topological polar surface area (TPSA) is 160 Å². The zero-order valence-corrected chi connectivity index (χ0v) is 11.9. The van der Waals surface area contributed by atoms with Crippen molar-refractivity contribution in [3.05, 3.63) is 12.2 Å². The summed E-state index contributed by atoms with van der Waals surface area (Å²) in [6, 6.07) is 0. The van der Waals surface area contributed by atoms with Gasteiger partial charge in [0, 0.05) is 0 Å². The maximum absolute atomic E-state index is 11.1. The molecule has 0 aromatic heterocycles. The average molecular weight is 326 g/mol. The lowest BCUT2D eigenvalue weighted by molar-refractivity contribution is 0.173. The van der Waals surface area contributed by atoms with E-state index in [0.29, 0.717) is 5.57 Å². The Balaban J connectivity index is 4.47. The van der Waals surface area contributed by atoms with Crippen molar-refractivity contribution in [2.45, 2.75) is 13.3 Å². The van der Waals surface area contributed by atoms with E-state index in [1.165, 1.54) is 0 Å². The molecule has 0 saturated heterocycles. The highest BCUT2D eigenvalue weighted by molar-refractivity contribution is 7.66. The summed E-state index contributed by atoms with van der Waals surface area (Å²) in [4.78, 5) is 34.3. The van der Waals surface area contributed by atoms with Gasteiger partial charge in [-0.05, 0) is 13.3 Å². The first-order valence-electron chi connectivity index (χ1n) is 4.26. The molecule has 4 N–H and O–H groups in total. The van der Waals surface area contributed by atoms with E-state index >= 15 is 0 Å². The minimum absolute atomic E-state index is 0.184. The molecule has 0 aliphatic rings. The largest absolute Gasteiger partial charge is 0.490 e. The van der Waals surface area contributed by atoms with Crippen LogP contribution in [0.25, 0.3) is 0 Å². The molecule has 0 radical (unpaired) electrons. The van der Waals surface area contributed by atoms with Crippen molar-refractivity contribution in [3.8, 4) is 0 Å². The number of hydrogen-bond donors (Lipinski definition) is 4. The molecule has 2 atom stereocenters. The quantitative estimate of drug-likeness (QED) is 0.378. The van der Waals surface area contributed by atoms with E-state index in [4.69, 9.17) is 19.6 Å². The van der Waals surface area contributed by atoms with Crippen molar-refractivity contribution < 1.29 is 46.4 Å². The Labute approximate surface area is 103 Å². The molecular weight excluding hydrogens is 313 g/mol. The van der Waals surface area contributed by atoms with Crippen LogP contribution in [-0.4, -0.2) is 26.2 Å². The van der Waals surface area contributed by atoms with Gasteiger partial charge in [-0.15, -0.1) is 6.58 Å². The third kappa shape index (κ3) is 10.1. The van der Waals surface area contributed by atoms with E-state index < -0.39 is 23.5 Å². The van der Waals surface area contributed by atoms with E-state index in [-0.39, 0.29) is 13.0 Å². The summed E-state index contributed by atoms with van der Waals surface area (Å²) < 4.78 is 43.5. The number of phosphoric ester groups is 1. The third-order valence-corrected chi connectivity index (χ3v) is 5.04. The van der Waals surface area contributed by atoms with Crippen molar-refractivity contribution in [1.82, 2.24) is 0 Å². The number of rotatable bonds is 8. The molecule has 0 rings (SSSR count). The van der Waals surface area contributed by atoms with Gasteiger partial charge in [0.15, 0.2) is 0 Å². The van der Waals surface area contributed by atoms with Crippen LogP contribution in [-0.2, 0) is 26.8 Å². The van der Waals surface area contributed by atoms with Crippen LogP contribution >= 0.6 is 23.5 Å². The fourth-order valence-electron chi connectivity index (χ4n) is 0.639. The average Bonchev–Trinajstić information content (AvgIpc) is 1.93. The second-order valence-corrected chi connectivity index (χ2v) is 7.55. The highest BCUT2D eigenvalue weighted by Crippen LogP contribution is 2.66. The van der Waals surface area contributed by atoms with Gasteiger partial charge in [-0.25, -0.2) is 13.7 Å². The monoisotopic (exact) mass is 326 g/mol. The number of hydrogen-bond acceptors (Lipinski definition) is 6. The van der Waals surface area contributed by atoms with Crippen LogP contribution in [0.1, 0.15) is 13.3 Å². The molecule has 108 valence electrons. The molecule has 0 amide bonds. The summed E-state index contributed by atoms with van der Waals surface area (Å²) in [7, 11) is -15.8. The van der Waals surface area contributed by atoms with Crippen LogP contribution in [0.3, 0.4) is 0 Å². The van der Waals surface area contributed by atoms with Crippen LogP contribution in [0, 0.1) is 0 Å². The molecule has 10 nitrogen and oxygen atoms in total. The van der Waals surface area contributed by atoms with Crippen molar-refractivity contribution >= 4 is 23.5 Å². The lowest BCUT2D eigenvalue weighted by Gasteiger charge is -2.15. The van der Waals surface area contributed by atoms with Gasteiger partial charge in [-0.3, -0.25) is 4.52 Å². The smallest absolute Gasteiger partial charge is 0.302 e. The van der Waals surface area contributed by atoms with Gasteiger partial charge in [0.25, 0.3) is 0 Å². The lowest BCUT2D eigenvalue weighted by atomic mass is 10.3. The SMILES string of the molecule is C=C(C)CCOP(=O)(O)OP(=O)(O)OP(=O)(O)O. The number of phosphoric acid groups is 3. The molecule has 13 heteroatoms. The molecule has 18 heavy (non-hydrogen) atoms. The van der Waals surface area contributed by atoms with E-state index in [1.54, 1.807) is 6.92 Å². The summed E-state index contributed by atoms with van der Waals surface area (Å²) in [6.07, 6.45) is 0.184. The normalized spacial score (nSPS) is 18.9. The predicted molar refractivity (Wildman–Crippen MR) is 59.2 cm³/mol. The first-order chi connectivity index (χ1) is 7.83. The Morgan fingerprint density at radius 3 is 1.94 bits per heavy atom. The summed E-state index contributed by atoms with van der Waals surface area (Å²) in [5.41, 5.74) is 0.619. The Kier molecular flexibility index (Phi) is 6.60. The Morgan fingerprint density at radius 1 is 1.06 bits per heavy atom. The van der Waals surface area contributed by atoms with Gasteiger partial charge in [0.2, 0.25) is 0 Å². The second-order valence-electron chi connectivity index (χ2n) is 3.13. The zero-order chi connectivity index (χ0) is 14.6. The fourth-order valence-corrected chi connectivity index (χ4v) is 3.66. The summed E-state index contributed by atoms with van der Waals surface area (Å²) in [6.45, 7) is 4.75. The molecule has 0 heterocycles. The van der Waals surface area contributed by atoms with Crippen molar-refractivity contribution in [2.24, 2.45) is 0 Å². The van der Waals surface area contributed by atoms with Crippen LogP contribution in [0.15, 0.2) is 12.2 Å². The summed E-state index contributed by atoms with van der Waals surface area (Å²) >= 11 is 0. The molecule has 0 bridgehead atoms. The van der Waals surface area contributed by atoms with E-state index in [2.05, 4.69) is 19.7 Å². The van der Waals surface area contributed by atoms with E-state index in [0.717, 1.165) is 0 Å². The van der Waals surface area contributed by atoms with Gasteiger partial charge < -0.3 is 19.6 Å². The van der Waals surface area contributed by atoms with Gasteiger partial charge >= 0.3 is 23.5 Å². The minimum Gasteiger partial charge on any atom is -0.302 e. The van der Waals surface area contributed by atoms with E-state index in [9.17, 15) is 13.7 Å². The van der Waals surface area contributed by atoms with Gasteiger partial charge in [-0.2, -0.15) is 8.62 Å². The van der Waals surface area contributed by atoms with Crippen LogP contribution < -0.4 is 0 Å². The maximum atomic E-state index is 11.1. The van der Waals surface area contributed by atoms with Crippen molar-refractivity contribution in [3.63, 3.8) is 0 Å². The lowest BCUT2D eigenvalue weighted by Crippen LogP contribution is -1.98. The first-order valence-corrected chi connectivity index (χ1v) is 8.78. The van der Waals surface area contributed by atoms with Crippen LogP contribution in [0.2, 0.25) is 0 Å². The van der Waals surface area contributed by atoms with Crippen molar-refractivity contribution in [2.75, 3.05) is 6.61 Å². The molecule has 0 aromatic carbocycles. The third-order valence-electron chi connectivity index (χ3n) is 1.20. The Hall–Kier alpha value is 0.150. The van der Waals surface area contributed by atoms with Gasteiger partial charge in [0.05, 0.1) is 6.61 Å². The van der Waals surface area contributed by atoms with Crippen LogP contribution in [0.4, 0.5) is 0 Å². The molecule has 0 aliphatic heterocycles.